The van der Waals surface area contributed by atoms with Crippen LogP contribution in [0, 0.1) is 0 Å². The summed E-state index contributed by atoms with van der Waals surface area (Å²) in [5.41, 5.74) is 1.34. The van der Waals surface area contributed by atoms with Crippen LogP contribution in [0.3, 0.4) is 0 Å². The minimum Gasteiger partial charge on any atom is -0.357 e. The van der Waals surface area contributed by atoms with E-state index in [9.17, 15) is 0 Å². The Balaban J connectivity index is 0.00000512. The fourth-order valence-electron chi connectivity index (χ4n) is 4.29. The van der Waals surface area contributed by atoms with Gasteiger partial charge in [-0.3, -0.25) is 9.89 Å². The summed E-state index contributed by atoms with van der Waals surface area (Å²) in [4.78, 5) is 12.6. The van der Waals surface area contributed by atoms with E-state index >= 15 is 0 Å². The van der Waals surface area contributed by atoms with Crippen LogP contribution < -0.4 is 10.6 Å². The normalized spacial score (nSPS) is 16.6. The summed E-state index contributed by atoms with van der Waals surface area (Å²) in [7, 11) is 0. The molecule has 2 rings (SSSR count). The Morgan fingerprint density at radius 2 is 1.59 bits per heavy atom. The molecule has 1 aromatic rings. The molecule has 1 fully saturated rings. The van der Waals surface area contributed by atoms with Crippen molar-refractivity contribution in [3.8, 4) is 0 Å². The molecular weight excluding hydrogens is 511 g/mol. The first-order valence-corrected chi connectivity index (χ1v) is 12.5. The molecule has 0 amide bonds. The second-order valence-electron chi connectivity index (χ2n) is 8.28. The summed E-state index contributed by atoms with van der Waals surface area (Å²) in [6.45, 7) is 20.8. The first kappa shape index (κ1) is 29.1. The van der Waals surface area contributed by atoms with Crippen molar-refractivity contribution in [2.24, 2.45) is 4.99 Å². The van der Waals surface area contributed by atoms with Crippen LogP contribution in [0.25, 0.3) is 0 Å². The van der Waals surface area contributed by atoms with Crippen LogP contribution in [0.2, 0.25) is 0 Å². The highest BCUT2D eigenvalue weighted by atomic mass is 127. The Kier molecular flexibility index (Phi) is 16.0. The quantitative estimate of drug-likeness (QED) is 0.168. The molecule has 7 heteroatoms. The van der Waals surface area contributed by atoms with Crippen molar-refractivity contribution in [1.82, 2.24) is 25.3 Å². The molecule has 32 heavy (non-hydrogen) atoms. The monoisotopic (exact) mass is 558 g/mol. The molecule has 1 saturated heterocycles. The third-order valence-corrected chi connectivity index (χ3v) is 6.31. The molecule has 2 N–H and O–H groups in total. The molecule has 1 aliphatic heterocycles. The second kappa shape index (κ2) is 17.6. The van der Waals surface area contributed by atoms with Gasteiger partial charge in [0.15, 0.2) is 5.96 Å². The van der Waals surface area contributed by atoms with E-state index in [1.54, 1.807) is 0 Å². The smallest absolute Gasteiger partial charge is 0.191 e. The SMILES string of the molecule is CCNC(=NCC(c1ccccc1)N(CC)CC)NCCCCN1CCN(CC)CC1.I. The van der Waals surface area contributed by atoms with Gasteiger partial charge in [-0.2, -0.15) is 0 Å². The van der Waals surface area contributed by atoms with E-state index in [1.807, 2.05) is 0 Å². The van der Waals surface area contributed by atoms with E-state index in [2.05, 4.69) is 83.4 Å². The number of halogens is 1. The summed E-state index contributed by atoms with van der Waals surface area (Å²) in [6, 6.07) is 11.1. The van der Waals surface area contributed by atoms with Crippen molar-refractivity contribution in [3.63, 3.8) is 0 Å². The zero-order valence-electron chi connectivity index (χ0n) is 20.9. The Labute approximate surface area is 214 Å². The number of benzene rings is 1. The van der Waals surface area contributed by atoms with Gasteiger partial charge in [0.25, 0.3) is 0 Å². The minimum atomic E-state index is 0. The van der Waals surface area contributed by atoms with Gasteiger partial charge in [-0.05, 0) is 51.5 Å². The number of piperazine rings is 1. The van der Waals surface area contributed by atoms with Crippen molar-refractivity contribution >= 4 is 29.9 Å². The average Bonchev–Trinajstić information content (AvgIpc) is 2.82. The maximum atomic E-state index is 4.95. The topological polar surface area (TPSA) is 46.1 Å². The predicted molar refractivity (Wildman–Crippen MR) is 149 cm³/mol. The average molecular weight is 559 g/mol. The molecule has 0 bridgehead atoms. The molecule has 1 aliphatic rings. The van der Waals surface area contributed by atoms with Gasteiger partial charge in [-0.25, -0.2) is 0 Å². The van der Waals surface area contributed by atoms with Gasteiger partial charge < -0.3 is 20.4 Å². The molecule has 0 saturated carbocycles. The standard InChI is InChI=1S/C25H46N6.HI/c1-5-26-25(27-16-12-13-17-30-20-18-29(6-2)19-21-30)28-22-24(31(7-3)8-4)23-14-10-9-11-15-23;/h9-11,14-15,24H,5-8,12-13,16-22H2,1-4H3,(H2,26,27,28);1H. The van der Waals surface area contributed by atoms with E-state index in [0.717, 1.165) is 38.7 Å². The first-order valence-electron chi connectivity index (χ1n) is 12.5. The van der Waals surface area contributed by atoms with E-state index in [1.165, 1.54) is 57.7 Å². The van der Waals surface area contributed by atoms with Crippen molar-refractivity contribution in [2.75, 3.05) is 72.0 Å². The van der Waals surface area contributed by atoms with Crippen molar-refractivity contribution in [2.45, 2.75) is 46.6 Å². The molecular formula is C25H47IN6. The lowest BCUT2D eigenvalue weighted by molar-refractivity contribution is 0.136. The van der Waals surface area contributed by atoms with Crippen LogP contribution in [-0.2, 0) is 0 Å². The molecule has 1 heterocycles. The van der Waals surface area contributed by atoms with Gasteiger partial charge >= 0.3 is 0 Å². The highest BCUT2D eigenvalue weighted by molar-refractivity contribution is 14.0. The molecule has 1 atom stereocenters. The fraction of sp³-hybridized carbons (Fsp3) is 0.720. The molecule has 1 unspecified atom stereocenters. The number of likely N-dealkylation sites (N-methyl/N-ethyl adjacent to an activating group) is 2. The van der Waals surface area contributed by atoms with Gasteiger partial charge in [0.2, 0.25) is 0 Å². The van der Waals surface area contributed by atoms with E-state index in [4.69, 9.17) is 4.99 Å². The van der Waals surface area contributed by atoms with Gasteiger partial charge in [-0.15, -0.1) is 24.0 Å². The predicted octanol–water partition coefficient (Wildman–Crippen LogP) is 3.66. The molecule has 0 spiro atoms. The number of guanidine groups is 1. The Morgan fingerprint density at radius 3 is 2.19 bits per heavy atom. The number of hydrogen-bond acceptors (Lipinski definition) is 4. The summed E-state index contributed by atoms with van der Waals surface area (Å²) >= 11 is 0. The van der Waals surface area contributed by atoms with Crippen LogP contribution in [0.4, 0.5) is 0 Å². The summed E-state index contributed by atoms with van der Waals surface area (Å²) < 4.78 is 0. The number of nitrogens with zero attached hydrogens (tertiary/aromatic N) is 4. The Bertz CT molecular complexity index is 600. The third kappa shape index (κ3) is 10.4. The molecule has 0 aromatic heterocycles. The highest BCUT2D eigenvalue weighted by Gasteiger charge is 2.18. The molecule has 6 nitrogen and oxygen atoms in total. The van der Waals surface area contributed by atoms with E-state index in [0.29, 0.717) is 6.04 Å². The largest absolute Gasteiger partial charge is 0.357 e. The van der Waals surface area contributed by atoms with Gasteiger partial charge in [-0.1, -0.05) is 51.1 Å². The molecule has 184 valence electrons. The lowest BCUT2D eigenvalue weighted by atomic mass is 10.1. The van der Waals surface area contributed by atoms with Crippen LogP contribution in [0.15, 0.2) is 35.3 Å². The summed E-state index contributed by atoms with van der Waals surface area (Å²) in [5.74, 6) is 0.937. The number of hydrogen-bond donors (Lipinski definition) is 2. The maximum absolute atomic E-state index is 4.95. The summed E-state index contributed by atoms with van der Waals surface area (Å²) in [5, 5.41) is 6.97. The number of unbranched alkanes of at least 4 members (excludes halogenated alkanes) is 1. The van der Waals surface area contributed by atoms with Gasteiger partial charge in [0, 0.05) is 39.3 Å². The van der Waals surface area contributed by atoms with Crippen molar-refractivity contribution in [3.05, 3.63) is 35.9 Å². The Hall–Kier alpha value is -0.900. The lowest BCUT2D eigenvalue weighted by Gasteiger charge is -2.34. The number of aliphatic imine (C=N–C) groups is 1. The van der Waals surface area contributed by atoms with Crippen LogP contribution in [0.5, 0.6) is 0 Å². The molecule has 0 radical (unpaired) electrons. The zero-order chi connectivity index (χ0) is 22.3. The zero-order valence-corrected chi connectivity index (χ0v) is 23.2. The minimum absolute atomic E-state index is 0. The van der Waals surface area contributed by atoms with Gasteiger partial charge in [0.05, 0.1) is 12.6 Å². The van der Waals surface area contributed by atoms with Crippen molar-refractivity contribution < 1.29 is 0 Å². The second-order valence-corrected chi connectivity index (χ2v) is 8.28. The summed E-state index contributed by atoms with van der Waals surface area (Å²) in [6.07, 6.45) is 2.42. The first-order chi connectivity index (χ1) is 15.2. The van der Waals surface area contributed by atoms with E-state index < -0.39 is 0 Å². The number of rotatable bonds is 13. The Morgan fingerprint density at radius 1 is 0.938 bits per heavy atom. The molecule has 0 aliphatic carbocycles. The fourth-order valence-corrected chi connectivity index (χ4v) is 4.29. The van der Waals surface area contributed by atoms with Crippen molar-refractivity contribution in [1.29, 1.82) is 0 Å². The van der Waals surface area contributed by atoms with Gasteiger partial charge in [0.1, 0.15) is 0 Å². The number of nitrogens with one attached hydrogen (secondary N) is 2. The van der Waals surface area contributed by atoms with Crippen LogP contribution >= 0.6 is 24.0 Å². The van der Waals surface area contributed by atoms with E-state index in [-0.39, 0.29) is 24.0 Å². The van der Waals surface area contributed by atoms with Crippen LogP contribution in [-0.4, -0.2) is 92.7 Å². The lowest BCUT2D eigenvalue weighted by Crippen LogP contribution is -2.46. The maximum Gasteiger partial charge on any atom is 0.191 e. The highest BCUT2D eigenvalue weighted by Crippen LogP contribution is 2.20. The van der Waals surface area contributed by atoms with Crippen LogP contribution in [0.1, 0.15) is 52.1 Å². The molecule has 1 aromatic carbocycles. The third-order valence-electron chi connectivity index (χ3n) is 6.31.